The molecule has 0 aliphatic heterocycles. The van der Waals surface area contributed by atoms with Gasteiger partial charge in [0, 0.05) is 17.7 Å². The Morgan fingerprint density at radius 2 is 2.20 bits per heavy atom. The summed E-state index contributed by atoms with van der Waals surface area (Å²) in [5.41, 5.74) is 1.88. The normalized spacial score (nSPS) is 14.3. The van der Waals surface area contributed by atoms with Gasteiger partial charge in [0.15, 0.2) is 0 Å². The summed E-state index contributed by atoms with van der Waals surface area (Å²) in [7, 11) is 1.66. The lowest BCUT2D eigenvalue weighted by atomic mass is 9.83. The fraction of sp³-hybridized carbons (Fsp3) is 0.529. The molecule has 0 aromatic heterocycles. The smallest absolute Gasteiger partial charge is 0.124 e. The number of aliphatic hydroxyl groups excluding tert-OH is 1. The average molecular weight is 274 g/mol. The molecule has 1 N–H and O–H groups in total. The van der Waals surface area contributed by atoms with E-state index in [1.54, 1.807) is 7.11 Å². The lowest BCUT2D eigenvalue weighted by molar-refractivity contribution is 0.0936. The van der Waals surface area contributed by atoms with E-state index in [-0.39, 0.29) is 6.61 Å². The summed E-state index contributed by atoms with van der Waals surface area (Å²) in [6.45, 7) is 1.23. The van der Waals surface area contributed by atoms with Crippen LogP contribution in [0.25, 0.3) is 0 Å². The van der Waals surface area contributed by atoms with Crippen LogP contribution < -0.4 is 4.74 Å². The van der Waals surface area contributed by atoms with E-state index >= 15 is 0 Å². The van der Waals surface area contributed by atoms with Gasteiger partial charge >= 0.3 is 0 Å². The summed E-state index contributed by atoms with van der Waals surface area (Å²) >= 11 is 0. The maximum atomic E-state index is 8.73. The predicted octanol–water partition coefficient (Wildman–Crippen LogP) is 2.75. The van der Waals surface area contributed by atoms with Crippen molar-refractivity contribution >= 4 is 0 Å². The van der Waals surface area contributed by atoms with Gasteiger partial charge in [0.05, 0.1) is 13.7 Å². The number of methoxy groups -OCH3 is 1. The molecular weight excluding hydrogens is 252 g/mol. The minimum atomic E-state index is -0.126. The van der Waals surface area contributed by atoms with Gasteiger partial charge in [0.2, 0.25) is 0 Å². The molecule has 1 fully saturated rings. The Bertz CT molecular complexity index is 481. The highest BCUT2D eigenvalue weighted by Gasteiger charge is 2.16. The van der Waals surface area contributed by atoms with Gasteiger partial charge in [-0.05, 0) is 30.5 Å². The third kappa shape index (κ3) is 4.26. The molecule has 1 aromatic rings. The van der Waals surface area contributed by atoms with Crippen LogP contribution in [0.1, 0.15) is 36.8 Å². The standard InChI is InChI=1S/C17H22O3/c1-19-17-8-7-15(6-3-10-18)12-16(17)13-20-11-9-14-4-2-5-14/h7-8,12,14,18H,2,4-5,9-11,13H2,1H3. The van der Waals surface area contributed by atoms with Crippen LogP contribution in [0.3, 0.4) is 0 Å². The van der Waals surface area contributed by atoms with Crippen molar-refractivity contribution in [3.8, 4) is 17.6 Å². The SMILES string of the molecule is COc1ccc(C#CCO)cc1COCCC1CCC1. The first-order valence-corrected chi connectivity index (χ1v) is 7.18. The molecule has 0 spiro atoms. The Hall–Kier alpha value is -1.50. The summed E-state index contributed by atoms with van der Waals surface area (Å²) in [6, 6.07) is 5.75. The van der Waals surface area contributed by atoms with E-state index in [0.29, 0.717) is 6.61 Å². The highest BCUT2D eigenvalue weighted by molar-refractivity contribution is 5.44. The highest BCUT2D eigenvalue weighted by atomic mass is 16.5. The second-order valence-corrected chi connectivity index (χ2v) is 5.12. The molecule has 0 amide bonds. The maximum absolute atomic E-state index is 8.73. The van der Waals surface area contributed by atoms with Crippen LogP contribution >= 0.6 is 0 Å². The second kappa shape index (κ2) is 7.94. The van der Waals surface area contributed by atoms with E-state index in [4.69, 9.17) is 14.6 Å². The summed E-state index contributed by atoms with van der Waals surface area (Å²) in [5.74, 6) is 7.25. The third-order valence-corrected chi connectivity index (χ3v) is 3.74. The number of benzene rings is 1. The van der Waals surface area contributed by atoms with Crippen LogP contribution in [0.2, 0.25) is 0 Å². The molecule has 2 rings (SSSR count). The largest absolute Gasteiger partial charge is 0.496 e. The lowest BCUT2D eigenvalue weighted by Gasteiger charge is -2.24. The monoisotopic (exact) mass is 274 g/mol. The minimum Gasteiger partial charge on any atom is -0.496 e. The van der Waals surface area contributed by atoms with Gasteiger partial charge in [-0.3, -0.25) is 0 Å². The van der Waals surface area contributed by atoms with Crippen molar-refractivity contribution in [2.75, 3.05) is 20.3 Å². The highest BCUT2D eigenvalue weighted by Crippen LogP contribution is 2.29. The first-order valence-electron chi connectivity index (χ1n) is 7.18. The summed E-state index contributed by atoms with van der Waals surface area (Å²) in [6.07, 6.45) is 5.26. The first-order chi connectivity index (χ1) is 9.83. The van der Waals surface area contributed by atoms with E-state index in [1.807, 2.05) is 18.2 Å². The van der Waals surface area contributed by atoms with Crippen molar-refractivity contribution in [2.24, 2.45) is 5.92 Å². The molecular formula is C17H22O3. The van der Waals surface area contributed by atoms with E-state index < -0.39 is 0 Å². The van der Waals surface area contributed by atoms with Crippen LogP contribution in [0.15, 0.2) is 18.2 Å². The topological polar surface area (TPSA) is 38.7 Å². The number of rotatable bonds is 6. The van der Waals surface area contributed by atoms with E-state index in [9.17, 15) is 0 Å². The summed E-state index contributed by atoms with van der Waals surface area (Å²) < 4.78 is 11.1. The lowest BCUT2D eigenvalue weighted by Crippen LogP contribution is -2.13. The van der Waals surface area contributed by atoms with Gasteiger partial charge < -0.3 is 14.6 Å². The maximum Gasteiger partial charge on any atom is 0.124 e. The molecule has 3 nitrogen and oxygen atoms in total. The van der Waals surface area contributed by atoms with Crippen LogP contribution in [-0.2, 0) is 11.3 Å². The van der Waals surface area contributed by atoms with E-state index in [0.717, 1.165) is 35.8 Å². The van der Waals surface area contributed by atoms with Gasteiger partial charge in [0.1, 0.15) is 12.4 Å². The van der Waals surface area contributed by atoms with Crippen molar-refractivity contribution in [3.63, 3.8) is 0 Å². The first kappa shape index (κ1) is 14.9. The second-order valence-electron chi connectivity index (χ2n) is 5.12. The van der Waals surface area contributed by atoms with Gasteiger partial charge in [-0.15, -0.1) is 0 Å². The zero-order valence-corrected chi connectivity index (χ0v) is 12.0. The van der Waals surface area contributed by atoms with Crippen LogP contribution in [0.5, 0.6) is 5.75 Å². The van der Waals surface area contributed by atoms with Gasteiger partial charge in [-0.25, -0.2) is 0 Å². The Labute approximate surface area is 120 Å². The van der Waals surface area contributed by atoms with Gasteiger partial charge in [0.25, 0.3) is 0 Å². The van der Waals surface area contributed by atoms with E-state index in [2.05, 4.69) is 11.8 Å². The van der Waals surface area contributed by atoms with Gasteiger partial charge in [-0.1, -0.05) is 31.1 Å². The molecule has 3 heteroatoms. The van der Waals surface area contributed by atoms with Crippen molar-refractivity contribution in [2.45, 2.75) is 32.3 Å². The average Bonchev–Trinajstić information content (AvgIpc) is 2.43. The fourth-order valence-electron chi connectivity index (χ4n) is 2.32. The van der Waals surface area contributed by atoms with Crippen molar-refractivity contribution in [1.82, 2.24) is 0 Å². The van der Waals surface area contributed by atoms with Crippen LogP contribution in [-0.4, -0.2) is 25.4 Å². The molecule has 1 aromatic carbocycles. The number of ether oxygens (including phenoxy) is 2. The van der Waals surface area contributed by atoms with Crippen molar-refractivity contribution in [3.05, 3.63) is 29.3 Å². The summed E-state index contributed by atoms with van der Waals surface area (Å²) in [5, 5.41) is 8.73. The molecule has 0 radical (unpaired) electrons. The molecule has 108 valence electrons. The molecule has 0 heterocycles. The quantitative estimate of drug-likeness (QED) is 0.640. The Morgan fingerprint density at radius 3 is 2.85 bits per heavy atom. The third-order valence-electron chi connectivity index (χ3n) is 3.74. The van der Waals surface area contributed by atoms with Crippen molar-refractivity contribution < 1.29 is 14.6 Å². The molecule has 1 saturated carbocycles. The minimum absolute atomic E-state index is 0.126. The molecule has 0 bridgehead atoms. The van der Waals surface area contributed by atoms with Crippen LogP contribution in [0, 0.1) is 17.8 Å². The fourth-order valence-corrected chi connectivity index (χ4v) is 2.32. The molecule has 1 aliphatic rings. The van der Waals surface area contributed by atoms with Crippen LogP contribution in [0.4, 0.5) is 0 Å². The molecule has 0 saturated heterocycles. The molecule has 20 heavy (non-hydrogen) atoms. The Morgan fingerprint density at radius 1 is 1.35 bits per heavy atom. The van der Waals surface area contributed by atoms with E-state index in [1.165, 1.54) is 19.3 Å². The number of hydrogen-bond acceptors (Lipinski definition) is 3. The number of hydrogen-bond donors (Lipinski definition) is 1. The molecule has 0 atom stereocenters. The van der Waals surface area contributed by atoms with Crippen molar-refractivity contribution in [1.29, 1.82) is 0 Å². The van der Waals surface area contributed by atoms with Gasteiger partial charge in [-0.2, -0.15) is 0 Å². The predicted molar refractivity (Wildman–Crippen MR) is 78.6 cm³/mol. The summed E-state index contributed by atoms with van der Waals surface area (Å²) in [4.78, 5) is 0. The molecule has 1 aliphatic carbocycles. The zero-order chi connectivity index (χ0) is 14.2. The Balaban J connectivity index is 1.89. The molecule has 0 unspecified atom stereocenters. The zero-order valence-electron chi connectivity index (χ0n) is 12.0. The number of aliphatic hydroxyl groups is 1. The Kier molecular flexibility index (Phi) is 5.91.